The van der Waals surface area contributed by atoms with Gasteiger partial charge in [0.05, 0.1) is 5.69 Å². The Kier molecular flexibility index (Phi) is 4.75. The van der Waals surface area contributed by atoms with Gasteiger partial charge in [-0.1, -0.05) is 6.07 Å². The minimum absolute atomic E-state index is 0.0828. The molecule has 0 bridgehead atoms. The van der Waals surface area contributed by atoms with E-state index in [1.54, 1.807) is 0 Å². The molecule has 1 saturated heterocycles. The lowest BCUT2D eigenvalue weighted by Crippen LogP contribution is -2.49. The highest BCUT2D eigenvalue weighted by atomic mass is 32.1. The first kappa shape index (κ1) is 18.8. The SMILES string of the molecule is Cc1cc(C)c2c(-n3cccc3)c(C(=O)N3CCN(c4ccccn4)CC3)sc2n1. The summed E-state index contributed by atoms with van der Waals surface area (Å²) < 4.78 is 2.04. The monoisotopic (exact) mass is 417 g/mol. The van der Waals surface area contributed by atoms with Crippen LogP contribution in [0.2, 0.25) is 0 Å². The van der Waals surface area contributed by atoms with Crippen molar-refractivity contribution in [2.24, 2.45) is 0 Å². The number of amides is 1. The first-order chi connectivity index (χ1) is 14.6. The van der Waals surface area contributed by atoms with E-state index in [2.05, 4.69) is 22.9 Å². The lowest BCUT2D eigenvalue weighted by Gasteiger charge is -2.35. The fraction of sp³-hybridized carbons (Fsp3) is 0.261. The molecule has 0 unspecified atom stereocenters. The minimum atomic E-state index is 0.0828. The zero-order chi connectivity index (χ0) is 20.7. The van der Waals surface area contributed by atoms with Crippen molar-refractivity contribution in [1.82, 2.24) is 19.4 Å². The Hall–Kier alpha value is -3.19. The normalized spacial score (nSPS) is 14.5. The fourth-order valence-electron chi connectivity index (χ4n) is 4.12. The van der Waals surface area contributed by atoms with Gasteiger partial charge in [0, 0.05) is 55.8 Å². The number of pyridine rings is 2. The predicted molar refractivity (Wildman–Crippen MR) is 121 cm³/mol. The van der Waals surface area contributed by atoms with Gasteiger partial charge in [-0.05, 0) is 49.7 Å². The number of nitrogens with zero attached hydrogens (tertiary/aromatic N) is 5. The van der Waals surface area contributed by atoms with Crippen molar-refractivity contribution in [2.75, 3.05) is 31.1 Å². The Labute approximate surface area is 179 Å². The molecule has 1 aliphatic heterocycles. The summed E-state index contributed by atoms with van der Waals surface area (Å²) in [5.74, 6) is 1.05. The highest BCUT2D eigenvalue weighted by Gasteiger charge is 2.28. The Morgan fingerprint density at radius 2 is 1.80 bits per heavy atom. The van der Waals surface area contributed by atoms with Gasteiger partial charge >= 0.3 is 0 Å². The van der Waals surface area contributed by atoms with Gasteiger partial charge in [0.15, 0.2) is 0 Å². The number of anilines is 1. The van der Waals surface area contributed by atoms with Gasteiger partial charge in [0.25, 0.3) is 5.91 Å². The lowest BCUT2D eigenvalue weighted by atomic mass is 10.1. The van der Waals surface area contributed by atoms with Crippen molar-refractivity contribution >= 4 is 33.3 Å². The molecule has 4 aromatic rings. The number of carbonyl (C=O) groups is 1. The molecule has 5 rings (SSSR count). The van der Waals surface area contributed by atoms with Gasteiger partial charge in [-0.3, -0.25) is 4.79 Å². The van der Waals surface area contributed by atoms with Crippen molar-refractivity contribution in [2.45, 2.75) is 13.8 Å². The van der Waals surface area contributed by atoms with Crippen LogP contribution in [0.25, 0.3) is 15.9 Å². The fourth-order valence-corrected chi connectivity index (χ4v) is 5.38. The molecule has 30 heavy (non-hydrogen) atoms. The van der Waals surface area contributed by atoms with Crippen molar-refractivity contribution in [3.05, 3.63) is 71.1 Å². The number of aromatic nitrogens is 3. The zero-order valence-electron chi connectivity index (χ0n) is 17.1. The number of hydrogen-bond donors (Lipinski definition) is 0. The second-order valence-corrected chi connectivity index (χ2v) is 8.60. The average molecular weight is 418 g/mol. The van der Waals surface area contributed by atoms with Crippen LogP contribution in [0, 0.1) is 13.8 Å². The van der Waals surface area contributed by atoms with E-state index in [1.807, 2.05) is 65.3 Å². The highest BCUT2D eigenvalue weighted by Crippen LogP contribution is 2.36. The van der Waals surface area contributed by atoms with Crippen LogP contribution in [0.5, 0.6) is 0 Å². The van der Waals surface area contributed by atoms with Gasteiger partial charge in [0.2, 0.25) is 0 Å². The van der Waals surface area contributed by atoms with Crippen LogP contribution in [0.1, 0.15) is 20.9 Å². The molecular weight excluding hydrogens is 394 g/mol. The van der Waals surface area contributed by atoms with Crippen LogP contribution in [0.3, 0.4) is 0 Å². The first-order valence-corrected chi connectivity index (χ1v) is 10.9. The largest absolute Gasteiger partial charge is 0.353 e. The summed E-state index contributed by atoms with van der Waals surface area (Å²) in [6, 6.07) is 12.0. The van der Waals surface area contributed by atoms with Gasteiger partial charge in [-0.2, -0.15) is 0 Å². The van der Waals surface area contributed by atoms with E-state index in [4.69, 9.17) is 4.98 Å². The number of carbonyl (C=O) groups excluding carboxylic acids is 1. The Balaban J connectivity index is 1.48. The van der Waals surface area contributed by atoms with Crippen LogP contribution >= 0.6 is 11.3 Å². The molecule has 0 N–H and O–H groups in total. The molecule has 0 radical (unpaired) electrons. The van der Waals surface area contributed by atoms with E-state index in [9.17, 15) is 4.79 Å². The molecule has 0 aromatic carbocycles. The molecule has 1 fully saturated rings. The van der Waals surface area contributed by atoms with E-state index >= 15 is 0 Å². The molecule has 0 spiro atoms. The second kappa shape index (κ2) is 7.57. The Morgan fingerprint density at radius 3 is 2.50 bits per heavy atom. The summed E-state index contributed by atoms with van der Waals surface area (Å²) in [4.78, 5) is 28.6. The molecule has 0 saturated carbocycles. The van der Waals surface area contributed by atoms with E-state index in [1.165, 1.54) is 11.3 Å². The molecule has 7 heteroatoms. The number of hydrogen-bond acceptors (Lipinski definition) is 5. The van der Waals surface area contributed by atoms with E-state index in [0.29, 0.717) is 13.1 Å². The molecule has 152 valence electrons. The van der Waals surface area contributed by atoms with Gasteiger partial charge in [0.1, 0.15) is 15.5 Å². The molecule has 1 aliphatic rings. The predicted octanol–water partition coefficient (Wildman–Crippen LogP) is 4.06. The Bertz CT molecular complexity index is 1190. The zero-order valence-corrected chi connectivity index (χ0v) is 17.9. The third-order valence-electron chi connectivity index (χ3n) is 5.56. The van der Waals surface area contributed by atoms with Crippen LogP contribution < -0.4 is 4.90 Å². The molecular formula is C23H23N5OS. The van der Waals surface area contributed by atoms with Crippen LogP contribution in [0.15, 0.2) is 55.0 Å². The van der Waals surface area contributed by atoms with Gasteiger partial charge in [-0.15, -0.1) is 11.3 Å². The maximum Gasteiger partial charge on any atom is 0.266 e. The quantitative estimate of drug-likeness (QED) is 0.504. The van der Waals surface area contributed by atoms with E-state index in [-0.39, 0.29) is 5.91 Å². The number of aryl methyl sites for hydroxylation is 2. The summed E-state index contributed by atoms with van der Waals surface area (Å²) in [5, 5.41) is 1.07. The van der Waals surface area contributed by atoms with Crippen LogP contribution in [0.4, 0.5) is 5.82 Å². The standard InChI is InChI=1S/C23H23N5OS/c1-16-15-17(2)25-22-19(16)20(27-9-5-6-10-27)21(30-22)23(29)28-13-11-26(12-14-28)18-7-3-4-8-24-18/h3-10,15H,11-14H2,1-2H3. The minimum Gasteiger partial charge on any atom is -0.353 e. The maximum atomic E-state index is 13.6. The summed E-state index contributed by atoms with van der Waals surface area (Å²) in [6.07, 6.45) is 5.80. The molecule has 0 aliphatic carbocycles. The molecule has 4 aromatic heterocycles. The highest BCUT2D eigenvalue weighted by molar-refractivity contribution is 7.21. The smallest absolute Gasteiger partial charge is 0.266 e. The van der Waals surface area contributed by atoms with Crippen molar-refractivity contribution in [3.8, 4) is 5.69 Å². The third-order valence-corrected chi connectivity index (χ3v) is 6.62. The third kappa shape index (κ3) is 3.25. The second-order valence-electron chi connectivity index (χ2n) is 7.60. The topological polar surface area (TPSA) is 54.3 Å². The average Bonchev–Trinajstić information content (AvgIpc) is 3.41. The molecule has 1 amide bonds. The number of thiophene rings is 1. The van der Waals surface area contributed by atoms with Crippen molar-refractivity contribution in [3.63, 3.8) is 0 Å². The molecule has 5 heterocycles. The number of piperazine rings is 1. The summed E-state index contributed by atoms with van der Waals surface area (Å²) in [7, 11) is 0. The lowest BCUT2D eigenvalue weighted by molar-refractivity contribution is 0.0751. The number of fused-ring (bicyclic) bond motifs is 1. The van der Waals surface area contributed by atoms with E-state index in [0.717, 1.165) is 50.9 Å². The van der Waals surface area contributed by atoms with Gasteiger partial charge < -0.3 is 14.4 Å². The van der Waals surface area contributed by atoms with Gasteiger partial charge in [-0.25, -0.2) is 9.97 Å². The molecule has 6 nitrogen and oxygen atoms in total. The summed E-state index contributed by atoms with van der Waals surface area (Å²) in [6.45, 7) is 7.02. The first-order valence-electron chi connectivity index (χ1n) is 10.1. The summed E-state index contributed by atoms with van der Waals surface area (Å²) in [5.41, 5.74) is 3.07. The van der Waals surface area contributed by atoms with Crippen molar-refractivity contribution in [1.29, 1.82) is 0 Å². The number of rotatable bonds is 3. The van der Waals surface area contributed by atoms with Crippen LogP contribution in [-0.2, 0) is 0 Å². The van der Waals surface area contributed by atoms with Crippen LogP contribution in [-0.4, -0.2) is 51.5 Å². The van der Waals surface area contributed by atoms with E-state index < -0.39 is 0 Å². The summed E-state index contributed by atoms with van der Waals surface area (Å²) >= 11 is 1.50. The molecule has 0 atom stereocenters. The Morgan fingerprint density at radius 1 is 1.03 bits per heavy atom. The van der Waals surface area contributed by atoms with Crippen molar-refractivity contribution < 1.29 is 4.79 Å². The maximum absolute atomic E-state index is 13.6.